The van der Waals surface area contributed by atoms with E-state index in [1.54, 1.807) is 12.3 Å². The summed E-state index contributed by atoms with van der Waals surface area (Å²) in [6.07, 6.45) is 7.04. The Labute approximate surface area is 204 Å². The molecular formula is C25H30F2N4O3S. The molecule has 188 valence electrons. The van der Waals surface area contributed by atoms with Crippen LogP contribution in [0.15, 0.2) is 30.1 Å². The van der Waals surface area contributed by atoms with Crippen LogP contribution in [-0.4, -0.2) is 65.3 Å². The van der Waals surface area contributed by atoms with E-state index in [-0.39, 0.29) is 17.2 Å². The average Bonchev–Trinajstić information content (AvgIpc) is 3.13. The molecule has 7 nitrogen and oxygen atoms in total. The minimum Gasteiger partial charge on any atom is -0.433 e. The number of hydrogen-bond acceptors (Lipinski definition) is 6. The number of likely N-dealkylation sites (tertiary alicyclic amines) is 1. The Balaban J connectivity index is 1.17. The van der Waals surface area contributed by atoms with Crippen molar-refractivity contribution < 1.29 is 21.9 Å². The molecule has 0 bridgehead atoms. The number of fused-ring (bicyclic) bond motifs is 1. The number of ether oxygens (including phenoxy) is 1. The monoisotopic (exact) mass is 504 g/mol. The lowest BCUT2D eigenvalue weighted by Crippen LogP contribution is -2.55. The lowest BCUT2D eigenvalue weighted by Gasteiger charge is -2.48. The van der Waals surface area contributed by atoms with Crippen LogP contribution in [0.1, 0.15) is 51.3 Å². The summed E-state index contributed by atoms with van der Waals surface area (Å²) >= 11 is 0. The van der Waals surface area contributed by atoms with E-state index in [9.17, 15) is 17.2 Å². The molecule has 2 atom stereocenters. The van der Waals surface area contributed by atoms with Gasteiger partial charge in [0.25, 0.3) is 0 Å². The van der Waals surface area contributed by atoms with Crippen LogP contribution in [-0.2, 0) is 9.84 Å². The molecule has 2 aliphatic heterocycles. The van der Waals surface area contributed by atoms with E-state index in [2.05, 4.69) is 28.5 Å². The predicted octanol–water partition coefficient (Wildman–Crippen LogP) is 4.18. The summed E-state index contributed by atoms with van der Waals surface area (Å²) in [7, 11) is -2.78. The lowest BCUT2D eigenvalue weighted by atomic mass is 9.80. The van der Waals surface area contributed by atoms with Gasteiger partial charge >= 0.3 is 6.61 Å². The van der Waals surface area contributed by atoms with Crippen LogP contribution in [0.2, 0.25) is 0 Å². The molecule has 6 rings (SSSR count). The molecule has 2 aliphatic carbocycles. The Kier molecular flexibility index (Phi) is 5.34. The first-order valence-electron chi connectivity index (χ1n) is 12.3. The van der Waals surface area contributed by atoms with Crippen molar-refractivity contribution in [2.45, 2.75) is 58.2 Å². The number of piperidine rings is 1. The Hall–Kier alpha value is -2.33. The van der Waals surface area contributed by atoms with Gasteiger partial charge in [-0.05, 0) is 70.3 Å². The third kappa shape index (κ3) is 4.18. The van der Waals surface area contributed by atoms with Crippen molar-refractivity contribution in [2.24, 2.45) is 11.3 Å². The number of aromatic nitrogens is 3. The summed E-state index contributed by atoms with van der Waals surface area (Å²) in [5, 5.41) is 4.78. The van der Waals surface area contributed by atoms with E-state index in [1.165, 1.54) is 17.3 Å². The lowest BCUT2D eigenvalue weighted by molar-refractivity contribution is -0.0500. The van der Waals surface area contributed by atoms with Gasteiger partial charge in [-0.2, -0.15) is 13.9 Å². The zero-order chi connectivity index (χ0) is 24.5. The molecule has 0 radical (unpaired) electrons. The van der Waals surface area contributed by atoms with Crippen molar-refractivity contribution in [3.63, 3.8) is 0 Å². The minimum absolute atomic E-state index is 0.0223. The molecule has 1 saturated carbocycles. The average molecular weight is 505 g/mol. The molecule has 1 spiro atoms. The summed E-state index contributed by atoms with van der Waals surface area (Å²) in [4.78, 5) is 6.61. The summed E-state index contributed by atoms with van der Waals surface area (Å²) in [6, 6.07) is 4.29. The summed E-state index contributed by atoms with van der Waals surface area (Å²) in [5.41, 5.74) is 5.38. The Morgan fingerprint density at radius 2 is 1.89 bits per heavy atom. The van der Waals surface area contributed by atoms with Gasteiger partial charge < -0.3 is 4.74 Å². The first kappa shape index (κ1) is 23.1. The highest BCUT2D eigenvalue weighted by Crippen LogP contribution is 2.59. The van der Waals surface area contributed by atoms with Crippen molar-refractivity contribution in [1.82, 2.24) is 19.7 Å². The predicted molar refractivity (Wildman–Crippen MR) is 128 cm³/mol. The third-order valence-corrected chi connectivity index (χ3v) is 10.3. The molecule has 0 aromatic carbocycles. The van der Waals surface area contributed by atoms with Gasteiger partial charge in [-0.1, -0.05) is 5.57 Å². The van der Waals surface area contributed by atoms with Crippen molar-refractivity contribution in [3.8, 4) is 17.0 Å². The first-order chi connectivity index (χ1) is 16.6. The molecule has 4 aliphatic rings. The van der Waals surface area contributed by atoms with Crippen LogP contribution in [0.25, 0.3) is 16.8 Å². The Morgan fingerprint density at radius 3 is 2.49 bits per heavy atom. The van der Waals surface area contributed by atoms with Crippen LogP contribution in [0.4, 0.5) is 8.78 Å². The largest absolute Gasteiger partial charge is 0.433 e. The minimum atomic E-state index is -2.89. The van der Waals surface area contributed by atoms with Crippen molar-refractivity contribution in [2.75, 3.05) is 24.6 Å². The fourth-order valence-electron chi connectivity index (χ4n) is 6.46. The maximum atomic E-state index is 12.6. The van der Waals surface area contributed by atoms with Gasteiger partial charge in [0.2, 0.25) is 0 Å². The van der Waals surface area contributed by atoms with Gasteiger partial charge in [0, 0.05) is 35.2 Å². The highest BCUT2D eigenvalue weighted by molar-refractivity contribution is 7.92. The number of hydrogen-bond donors (Lipinski definition) is 0. The first-order valence-corrected chi connectivity index (χ1v) is 14.1. The zero-order valence-corrected chi connectivity index (χ0v) is 20.8. The van der Waals surface area contributed by atoms with Gasteiger partial charge in [0.15, 0.2) is 9.84 Å². The van der Waals surface area contributed by atoms with Gasteiger partial charge in [-0.25, -0.2) is 8.42 Å². The van der Waals surface area contributed by atoms with E-state index in [0.717, 1.165) is 44.5 Å². The standard InChI is InChI=1S/C25H30F2N4O3S/c1-15(2)31-22(10-21(29-31)16-7-18(12-28-11-16)34-24(26)27)23-19-8-17(9-20(19)23)30-5-3-25(4-6-30)13-35(32,33)14-25/h7,10-12,15,17,19,24H,3-6,8-9,13-14H2,1-2H3/t17-,19-/m1/s1. The molecule has 4 heterocycles. The van der Waals surface area contributed by atoms with E-state index < -0.39 is 16.4 Å². The van der Waals surface area contributed by atoms with Gasteiger partial charge in [0.05, 0.1) is 29.1 Å². The second-order valence-electron chi connectivity index (χ2n) is 10.9. The van der Waals surface area contributed by atoms with E-state index in [4.69, 9.17) is 5.10 Å². The molecule has 10 heteroatoms. The Bertz CT molecular complexity index is 1280. The number of sulfone groups is 1. The molecule has 3 fully saturated rings. The molecular weight excluding hydrogens is 474 g/mol. The molecule has 2 saturated heterocycles. The number of nitrogens with zero attached hydrogens (tertiary/aromatic N) is 4. The van der Waals surface area contributed by atoms with Gasteiger partial charge in [-0.15, -0.1) is 0 Å². The van der Waals surface area contributed by atoms with Crippen LogP contribution >= 0.6 is 0 Å². The van der Waals surface area contributed by atoms with Crippen LogP contribution < -0.4 is 4.74 Å². The molecule has 0 amide bonds. The second kappa shape index (κ2) is 8.09. The van der Waals surface area contributed by atoms with Gasteiger partial charge in [-0.3, -0.25) is 14.6 Å². The van der Waals surface area contributed by atoms with Crippen LogP contribution in [0.5, 0.6) is 5.75 Å². The second-order valence-corrected chi connectivity index (χ2v) is 13.0. The fraction of sp³-hybridized carbons (Fsp3) is 0.600. The van der Waals surface area contributed by atoms with Gasteiger partial charge in [0.1, 0.15) is 5.75 Å². The third-order valence-electron chi connectivity index (χ3n) is 8.16. The highest BCUT2D eigenvalue weighted by Gasteiger charge is 2.52. The highest BCUT2D eigenvalue weighted by atomic mass is 32.2. The number of allylic oxidation sites excluding steroid dienone is 1. The van der Waals surface area contributed by atoms with E-state index in [1.807, 2.05) is 10.7 Å². The quantitative estimate of drug-likeness (QED) is 0.587. The van der Waals surface area contributed by atoms with E-state index in [0.29, 0.717) is 34.7 Å². The molecule has 0 N–H and O–H groups in total. The van der Waals surface area contributed by atoms with Crippen LogP contribution in [0, 0.1) is 11.3 Å². The zero-order valence-electron chi connectivity index (χ0n) is 20.0. The van der Waals surface area contributed by atoms with Crippen LogP contribution in [0.3, 0.4) is 0 Å². The molecule has 0 unspecified atom stereocenters. The van der Waals surface area contributed by atoms with Crippen molar-refractivity contribution in [1.29, 1.82) is 0 Å². The van der Waals surface area contributed by atoms with E-state index >= 15 is 0 Å². The summed E-state index contributed by atoms with van der Waals surface area (Å²) < 4.78 is 55.1. The maximum absolute atomic E-state index is 12.6. The topological polar surface area (TPSA) is 77.3 Å². The molecule has 35 heavy (non-hydrogen) atoms. The molecule has 2 aromatic heterocycles. The van der Waals surface area contributed by atoms with Crippen molar-refractivity contribution in [3.05, 3.63) is 35.8 Å². The fourth-order valence-corrected chi connectivity index (χ4v) is 8.82. The Morgan fingerprint density at radius 1 is 1.14 bits per heavy atom. The summed E-state index contributed by atoms with van der Waals surface area (Å²) in [5.74, 6) is 1.26. The number of halogens is 2. The summed E-state index contributed by atoms with van der Waals surface area (Å²) in [6.45, 7) is 3.27. The SMILES string of the molecule is CC(C)n1nc(-c2cncc(OC(F)F)c2)cc1C1=C2C[C@H](N3CCC4(CC3)CS(=O)(=O)C4)C[C@H]21. The molecule has 2 aromatic rings. The maximum Gasteiger partial charge on any atom is 0.387 e. The number of rotatable bonds is 6. The number of pyridine rings is 1. The normalized spacial score (nSPS) is 26.9. The number of alkyl halides is 2. The van der Waals surface area contributed by atoms with Crippen molar-refractivity contribution >= 4 is 15.4 Å². The smallest absolute Gasteiger partial charge is 0.387 e.